The zero-order chi connectivity index (χ0) is 23.1. The number of anilines is 1. The lowest BCUT2D eigenvalue weighted by Crippen LogP contribution is -2.30. The van der Waals surface area contributed by atoms with E-state index in [-0.39, 0.29) is 18.1 Å². The maximum absolute atomic E-state index is 13.7. The first-order chi connectivity index (χ1) is 15.9. The number of nitro groups is 1. The van der Waals surface area contributed by atoms with E-state index < -0.39 is 4.92 Å². The van der Waals surface area contributed by atoms with Crippen LogP contribution in [0.25, 0.3) is 20.3 Å². The minimum absolute atomic E-state index is 0.0110. The topological polar surface area (TPSA) is 89.2 Å². The largest absolute Gasteiger partial charge is 0.277 e. The van der Waals surface area contributed by atoms with Gasteiger partial charge in [0, 0.05) is 33.4 Å². The van der Waals surface area contributed by atoms with Gasteiger partial charge in [0.2, 0.25) is 0 Å². The lowest BCUT2D eigenvalue weighted by Gasteiger charge is -2.18. The van der Waals surface area contributed by atoms with Crippen LogP contribution >= 0.6 is 34.3 Å². The molecule has 3 aromatic heterocycles. The molecule has 0 unspecified atom stereocenters. The summed E-state index contributed by atoms with van der Waals surface area (Å²) in [5, 5.41) is 12.9. The number of fused-ring (bicyclic) bond motifs is 2. The first kappa shape index (κ1) is 21.4. The van der Waals surface area contributed by atoms with Gasteiger partial charge in [-0.15, -0.1) is 11.3 Å². The third-order valence-corrected chi connectivity index (χ3v) is 7.43. The second kappa shape index (κ2) is 8.51. The number of carbonyl (C=O) groups is 1. The molecule has 2 aromatic carbocycles. The quantitative estimate of drug-likeness (QED) is 0.202. The Morgan fingerprint density at radius 1 is 1.12 bits per heavy atom. The van der Waals surface area contributed by atoms with Crippen molar-refractivity contribution < 1.29 is 9.72 Å². The Labute approximate surface area is 201 Å². The lowest BCUT2D eigenvalue weighted by molar-refractivity contribution is -0.384. The smallest absolute Gasteiger partial charge is 0.270 e. The number of benzene rings is 2. The molecule has 0 N–H and O–H groups in total. The summed E-state index contributed by atoms with van der Waals surface area (Å²) in [6.45, 7) is 2.17. The van der Waals surface area contributed by atoms with Crippen LogP contribution < -0.4 is 4.90 Å². The predicted molar refractivity (Wildman–Crippen MR) is 133 cm³/mol. The molecule has 0 atom stereocenters. The van der Waals surface area contributed by atoms with Crippen LogP contribution in [0.1, 0.15) is 20.9 Å². The number of nitrogens with zero attached hydrogens (tertiary/aromatic N) is 4. The van der Waals surface area contributed by atoms with Gasteiger partial charge in [-0.2, -0.15) is 0 Å². The van der Waals surface area contributed by atoms with Crippen molar-refractivity contribution in [3.63, 3.8) is 0 Å². The molecule has 0 aliphatic rings. The fraction of sp³-hybridized carbons (Fsp3) is 0.0870. The molecule has 10 heteroatoms. The Bertz CT molecular complexity index is 1530. The molecule has 33 heavy (non-hydrogen) atoms. The molecule has 0 bridgehead atoms. The first-order valence-corrected chi connectivity index (χ1v) is 11.9. The predicted octanol–water partition coefficient (Wildman–Crippen LogP) is 6.62. The molecule has 0 radical (unpaired) electrons. The molecule has 3 heterocycles. The van der Waals surface area contributed by atoms with E-state index in [4.69, 9.17) is 16.6 Å². The number of hydrogen-bond donors (Lipinski definition) is 0. The van der Waals surface area contributed by atoms with Crippen molar-refractivity contribution in [1.82, 2.24) is 9.97 Å². The Morgan fingerprint density at radius 2 is 1.97 bits per heavy atom. The molecule has 0 saturated heterocycles. The number of thiazole rings is 1. The monoisotopic (exact) mass is 494 g/mol. The SMILES string of the molecule is Cc1cc(Cl)cc2sc(N(Cc3ccccn3)C(=O)c3cc4cc([N+](=O)[O-])ccc4s3)nc12. The summed E-state index contributed by atoms with van der Waals surface area (Å²) < 4.78 is 1.69. The van der Waals surface area contributed by atoms with Crippen LogP contribution in [-0.4, -0.2) is 20.8 Å². The highest BCUT2D eigenvalue weighted by Crippen LogP contribution is 2.36. The van der Waals surface area contributed by atoms with E-state index in [9.17, 15) is 14.9 Å². The summed E-state index contributed by atoms with van der Waals surface area (Å²) in [6, 6.07) is 15.5. The van der Waals surface area contributed by atoms with Crippen molar-refractivity contribution in [3.8, 4) is 0 Å². The van der Waals surface area contributed by atoms with Crippen LogP contribution in [0.4, 0.5) is 10.8 Å². The van der Waals surface area contributed by atoms with E-state index in [2.05, 4.69) is 4.98 Å². The minimum Gasteiger partial charge on any atom is -0.277 e. The Balaban J connectivity index is 1.59. The van der Waals surface area contributed by atoms with Crippen molar-refractivity contribution in [2.45, 2.75) is 13.5 Å². The van der Waals surface area contributed by atoms with Crippen molar-refractivity contribution in [1.29, 1.82) is 0 Å². The Kier molecular flexibility index (Phi) is 5.53. The number of amides is 1. The molecule has 0 saturated carbocycles. The van der Waals surface area contributed by atoms with Gasteiger partial charge in [-0.25, -0.2) is 4.98 Å². The molecule has 0 aliphatic carbocycles. The van der Waals surface area contributed by atoms with Crippen molar-refractivity contribution in [2.75, 3.05) is 4.90 Å². The highest BCUT2D eigenvalue weighted by Gasteiger charge is 2.25. The summed E-state index contributed by atoms with van der Waals surface area (Å²) in [5.41, 5.74) is 2.43. The summed E-state index contributed by atoms with van der Waals surface area (Å²) in [4.78, 5) is 35.5. The number of halogens is 1. The van der Waals surface area contributed by atoms with E-state index in [0.29, 0.717) is 20.4 Å². The summed E-state index contributed by atoms with van der Waals surface area (Å²) >= 11 is 8.90. The van der Waals surface area contributed by atoms with Gasteiger partial charge in [-0.3, -0.25) is 24.8 Å². The summed E-state index contributed by atoms with van der Waals surface area (Å²) in [7, 11) is 0. The maximum atomic E-state index is 13.7. The fourth-order valence-electron chi connectivity index (χ4n) is 3.52. The van der Waals surface area contributed by atoms with Gasteiger partial charge in [-0.1, -0.05) is 29.0 Å². The Hall–Kier alpha value is -3.40. The van der Waals surface area contributed by atoms with E-state index >= 15 is 0 Å². The average molecular weight is 495 g/mol. The standard InChI is InChI=1S/C23H15ClN4O3S2/c1-13-8-15(24)11-19-21(13)26-23(33-19)27(12-16-4-2-3-7-25-16)22(29)20-10-14-9-17(28(30)31)5-6-18(14)32-20/h2-11H,12H2,1H3. The van der Waals surface area contributed by atoms with Gasteiger partial charge in [0.05, 0.1) is 32.3 Å². The zero-order valence-corrected chi connectivity index (χ0v) is 19.6. The number of aromatic nitrogens is 2. The normalized spacial score (nSPS) is 11.2. The number of nitro benzene ring substituents is 1. The number of carbonyl (C=O) groups excluding carboxylic acids is 1. The molecule has 7 nitrogen and oxygen atoms in total. The van der Waals surface area contributed by atoms with Gasteiger partial charge in [0.25, 0.3) is 11.6 Å². The van der Waals surface area contributed by atoms with Crippen LogP contribution in [0.3, 0.4) is 0 Å². The highest BCUT2D eigenvalue weighted by atomic mass is 35.5. The van der Waals surface area contributed by atoms with Crippen LogP contribution in [0.15, 0.2) is 60.8 Å². The second-order valence-corrected chi connectivity index (χ2v) is 9.90. The van der Waals surface area contributed by atoms with Gasteiger partial charge < -0.3 is 0 Å². The first-order valence-electron chi connectivity index (χ1n) is 9.85. The molecular weight excluding hydrogens is 480 g/mol. The zero-order valence-electron chi connectivity index (χ0n) is 17.2. The van der Waals surface area contributed by atoms with Crippen LogP contribution in [0, 0.1) is 17.0 Å². The molecule has 0 spiro atoms. The third kappa shape index (κ3) is 4.18. The van der Waals surface area contributed by atoms with Crippen molar-refractivity contribution >= 4 is 71.3 Å². The molecule has 0 aliphatic heterocycles. The number of hydrogen-bond acceptors (Lipinski definition) is 7. The van der Waals surface area contributed by atoms with Crippen molar-refractivity contribution in [3.05, 3.63) is 92.1 Å². The maximum Gasteiger partial charge on any atom is 0.270 e. The molecule has 0 fully saturated rings. The van der Waals surface area contributed by atoms with Gasteiger partial charge in [-0.05, 0) is 48.9 Å². The van der Waals surface area contributed by atoms with Crippen LogP contribution in [0.5, 0.6) is 0 Å². The number of aryl methyl sites for hydroxylation is 1. The molecular formula is C23H15ClN4O3S2. The average Bonchev–Trinajstić information content (AvgIpc) is 3.41. The van der Waals surface area contributed by atoms with E-state index in [1.165, 1.54) is 34.8 Å². The fourth-order valence-corrected chi connectivity index (χ4v) is 5.93. The number of rotatable bonds is 5. The van der Waals surface area contributed by atoms with Gasteiger partial charge >= 0.3 is 0 Å². The number of pyridine rings is 1. The van der Waals surface area contributed by atoms with E-state index in [0.717, 1.165) is 26.2 Å². The van der Waals surface area contributed by atoms with E-state index in [1.54, 1.807) is 23.2 Å². The van der Waals surface area contributed by atoms with Crippen LogP contribution in [0.2, 0.25) is 5.02 Å². The third-order valence-electron chi connectivity index (χ3n) is 5.08. The van der Waals surface area contributed by atoms with E-state index in [1.807, 2.05) is 37.3 Å². The van der Waals surface area contributed by atoms with Gasteiger partial charge in [0.1, 0.15) is 0 Å². The number of non-ortho nitro benzene ring substituents is 1. The number of thiophene rings is 1. The molecule has 1 amide bonds. The molecule has 5 aromatic rings. The van der Waals surface area contributed by atoms with Gasteiger partial charge in [0.15, 0.2) is 5.13 Å². The highest BCUT2D eigenvalue weighted by molar-refractivity contribution is 7.23. The molecule has 164 valence electrons. The Morgan fingerprint density at radius 3 is 2.73 bits per heavy atom. The van der Waals surface area contributed by atoms with Crippen LogP contribution in [-0.2, 0) is 6.54 Å². The lowest BCUT2D eigenvalue weighted by atomic mass is 10.2. The second-order valence-electron chi connectivity index (χ2n) is 7.37. The summed E-state index contributed by atoms with van der Waals surface area (Å²) in [6.07, 6.45) is 1.68. The summed E-state index contributed by atoms with van der Waals surface area (Å²) in [5.74, 6) is -0.243. The van der Waals surface area contributed by atoms with Crippen molar-refractivity contribution in [2.24, 2.45) is 0 Å². The minimum atomic E-state index is -0.444. The molecule has 5 rings (SSSR count).